The van der Waals surface area contributed by atoms with Crippen molar-refractivity contribution in [2.75, 3.05) is 45.9 Å². The Morgan fingerprint density at radius 3 is 2.67 bits per heavy atom. The minimum Gasteiger partial charge on any atom is -0.439 e. The van der Waals surface area contributed by atoms with E-state index in [9.17, 15) is 0 Å². The highest BCUT2D eigenvalue weighted by Crippen LogP contribution is 2.16. The normalized spacial score (nSPS) is 17.6. The molecule has 21 heavy (non-hydrogen) atoms. The van der Waals surface area contributed by atoms with Crippen LogP contribution in [0.3, 0.4) is 0 Å². The molecule has 1 aliphatic rings. The highest BCUT2D eigenvalue weighted by molar-refractivity contribution is 5.72. The molecule has 2 heterocycles. The molecule has 0 spiro atoms. The maximum absolute atomic E-state index is 5.79. The van der Waals surface area contributed by atoms with Crippen LogP contribution in [0.2, 0.25) is 0 Å². The zero-order valence-corrected chi connectivity index (χ0v) is 12.6. The monoisotopic (exact) mass is 289 g/mol. The van der Waals surface area contributed by atoms with Gasteiger partial charge in [0.05, 0.1) is 13.2 Å². The summed E-state index contributed by atoms with van der Waals surface area (Å²) in [5.41, 5.74) is 1.82. The van der Waals surface area contributed by atoms with Crippen LogP contribution in [-0.4, -0.2) is 60.7 Å². The molecular weight excluding hydrogens is 266 g/mol. The van der Waals surface area contributed by atoms with Crippen molar-refractivity contribution < 1.29 is 9.15 Å². The third-order valence-corrected chi connectivity index (χ3v) is 3.92. The second-order valence-electron chi connectivity index (χ2n) is 5.39. The summed E-state index contributed by atoms with van der Waals surface area (Å²) in [5.74, 6) is 0.818. The predicted octanol–water partition coefficient (Wildman–Crippen LogP) is 1.98. The Morgan fingerprint density at radius 1 is 1.14 bits per heavy atom. The first-order chi connectivity index (χ1) is 10.3. The Balaban J connectivity index is 1.48. The zero-order chi connectivity index (χ0) is 14.5. The molecule has 1 saturated heterocycles. The van der Waals surface area contributed by atoms with Crippen LogP contribution < -0.4 is 0 Å². The minimum atomic E-state index is 0.800. The van der Waals surface area contributed by atoms with Crippen molar-refractivity contribution in [2.45, 2.75) is 13.5 Å². The summed E-state index contributed by atoms with van der Waals surface area (Å²) in [5, 5.41) is 0. The Bertz CT molecular complexity index is 528. The number of oxazole rings is 1. The first-order valence-corrected chi connectivity index (χ1v) is 7.72. The van der Waals surface area contributed by atoms with Crippen molar-refractivity contribution in [2.24, 2.45) is 0 Å². The second-order valence-corrected chi connectivity index (χ2v) is 5.39. The van der Waals surface area contributed by atoms with Crippen LogP contribution in [-0.2, 0) is 11.3 Å². The lowest BCUT2D eigenvalue weighted by Gasteiger charge is -2.33. The summed E-state index contributed by atoms with van der Waals surface area (Å²) in [4.78, 5) is 9.41. The van der Waals surface area contributed by atoms with E-state index in [2.05, 4.69) is 14.8 Å². The van der Waals surface area contributed by atoms with E-state index >= 15 is 0 Å². The molecule has 2 aromatic rings. The van der Waals surface area contributed by atoms with Crippen LogP contribution in [0.4, 0.5) is 0 Å². The molecule has 0 bridgehead atoms. The standard InChI is InChI=1S/C16H23N3O2/c1-2-20-12-11-18-7-9-19(10-8-18)13-16-17-14-5-3-4-6-15(14)21-16/h3-6H,2,7-13H2,1H3. The molecule has 0 atom stereocenters. The fourth-order valence-corrected chi connectivity index (χ4v) is 2.69. The van der Waals surface area contributed by atoms with Gasteiger partial charge in [0, 0.05) is 39.3 Å². The predicted molar refractivity (Wildman–Crippen MR) is 82.2 cm³/mol. The zero-order valence-electron chi connectivity index (χ0n) is 12.6. The molecule has 0 amide bonds. The molecule has 1 aliphatic heterocycles. The summed E-state index contributed by atoms with van der Waals surface area (Å²) >= 11 is 0. The van der Waals surface area contributed by atoms with Gasteiger partial charge in [-0.05, 0) is 19.1 Å². The van der Waals surface area contributed by atoms with Gasteiger partial charge >= 0.3 is 0 Å². The van der Waals surface area contributed by atoms with E-state index < -0.39 is 0 Å². The fraction of sp³-hybridized carbons (Fsp3) is 0.562. The molecule has 0 radical (unpaired) electrons. The van der Waals surface area contributed by atoms with Gasteiger partial charge in [0.2, 0.25) is 5.89 Å². The summed E-state index contributed by atoms with van der Waals surface area (Å²) in [6.07, 6.45) is 0. The molecule has 0 unspecified atom stereocenters. The van der Waals surface area contributed by atoms with Crippen LogP contribution in [0, 0.1) is 0 Å². The van der Waals surface area contributed by atoms with E-state index in [1.165, 1.54) is 0 Å². The molecule has 5 heteroatoms. The molecule has 114 valence electrons. The number of fused-ring (bicyclic) bond motifs is 1. The van der Waals surface area contributed by atoms with Crippen molar-refractivity contribution in [3.8, 4) is 0 Å². The van der Waals surface area contributed by atoms with Gasteiger partial charge in [0.25, 0.3) is 0 Å². The number of aromatic nitrogens is 1. The molecule has 1 aromatic carbocycles. The lowest BCUT2D eigenvalue weighted by Crippen LogP contribution is -2.46. The van der Waals surface area contributed by atoms with Crippen molar-refractivity contribution in [3.63, 3.8) is 0 Å². The van der Waals surface area contributed by atoms with Gasteiger partial charge in [-0.2, -0.15) is 0 Å². The van der Waals surface area contributed by atoms with E-state index in [1.807, 2.05) is 31.2 Å². The highest BCUT2D eigenvalue weighted by atomic mass is 16.5. The van der Waals surface area contributed by atoms with Gasteiger partial charge < -0.3 is 9.15 Å². The molecule has 3 rings (SSSR count). The van der Waals surface area contributed by atoms with Crippen LogP contribution in [0.1, 0.15) is 12.8 Å². The van der Waals surface area contributed by atoms with Crippen molar-refractivity contribution in [3.05, 3.63) is 30.2 Å². The van der Waals surface area contributed by atoms with Crippen LogP contribution in [0.15, 0.2) is 28.7 Å². The largest absolute Gasteiger partial charge is 0.439 e. The van der Waals surface area contributed by atoms with Crippen LogP contribution in [0.5, 0.6) is 0 Å². The van der Waals surface area contributed by atoms with Gasteiger partial charge in [-0.1, -0.05) is 12.1 Å². The third kappa shape index (κ3) is 3.81. The Kier molecular flexibility index (Phi) is 4.85. The maximum Gasteiger partial charge on any atom is 0.209 e. The van der Waals surface area contributed by atoms with E-state index in [4.69, 9.17) is 9.15 Å². The SMILES string of the molecule is CCOCCN1CCN(Cc2nc3ccccc3o2)CC1. The molecule has 0 saturated carbocycles. The lowest BCUT2D eigenvalue weighted by atomic mass is 10.3. The summed E-state index contributed by atoms with van der Waals surface area (Å²) in [6, 6.07) is 7.94. The first-order valence-electron chi connectivity index (χ1n) is 7.72. The second kappa shape index (κ2) is 7.02. The van der Waals surface area contributed by atoms with Gasteiger partial charge in [-0.3, -0.25) is 9.80 Å². The van der Waals surface area contributed by atoms with Gasteiger partial charge in [0.15, 0.2) is 5.58 Å². The van der Waals surface area contributed by atoms with E-state index in [1.54, 1.807) is 0 Å². The third-order valence-electron chi connectivity index (χ3n) is 3.92. The van der Waals surface area contributed by atoms with E-state index in [0.29, 0.717) is 0 Å². The average molecular weight is 289 g/mol. The molecule has 5 nitrogen and oxygen atoms in total. The van der Waals surface area contributed by atoms with Crippen molar-refractivity contribution in [1.29, 1.82) is 0 Å². The topological polar surface area (TPSA) is 41.7 Å². The van der Waals surface area contributed by atoms with E-state index in [0.717, 1.165) is 69.5 Å². The number of ether oxygens (including phenoxy) is 1. The number of nitrogens with zero attached hydrogens (tertiary/aromatic N) is 3. The maximum atomic E-state index is 5.79. The Morgan fingerprint density at radius 2 is 1.90 bits per heavy atom. The molecule has 1 fully saturated rings. The Labute approximate surface area is 125 Å². The van der Waals surface area contributed by atoms with E-state index in [-0.39, 0.29) is 0 Å². The van der Waals surface area contributed by atoms with Crippen LogP contribution in [0.25, 0.3) is 11.1 Å². The molecular formula is C16H23N3O2. The lowest BCUT2D eigenvalue weighted by molar-refractivity contribution is 0.0759. The smallest absolute Gasteiger partial charge is 0.209 e. The number of rotatable bonds is 6. The Hall–Kier alpha value is -1.43. The summed E-state index contributed by atoms with van der Waals surface area (Å²) in [6.45, 7) is 9.81. The number of para-hydroxylation sites is 2. The number of benzene rings is 1. The molecule has 1 aromatic heterocycles. The highest BCUT2D eigenvalue weighted by Gasteiger charge is 2.18. The number of piperazine rings is 1. The van der Waals surface area contributed by atoms with Crippen molar-refractivity contribution >= 4 is 11.1 Å². The molecule has 0 N–H and O–H groups in total. The fourth-order valence-electron chi connectivity index (χ4n) is 2.69. The number of hydrogen-bond donors (Lipinski definition) is 0. The first kappa shape index (κ1) is 14.5. The number of hydrogen-bond acceptors (Lipinski definition) is 5. The van der Waals surface area contributed by atoms with Crippen molar-refractivity contribution in [1.82, 2.24) is 14.8 Å². The summed E-state index contributed by atoms with van der Waals surface area (Å²) in [7, 11) is 0. The average Bonchev–Trinajstić information content (AvgIpc) is 2.91. The van der Waals surface area contributed by atoms with Crippen LogP contribution >= 0.6 is 0 Å². The van der Waals surface area contributed by atoms with Gasteiger partial charge in [-0.15, -0.1) is 0 Å². The summed E-state index contributed by atoms with van der Waals surface area (Å²) < 4.78 is 11.2. The molecule has 0 aliphatic carbocycles. The van der Waals surface area contributed by atoms with Gasteiger partial charge in [-0.25, -0.2) is 4.98 Å². The van der Waals surface area contributed by atoms with Gasteiger partial charge in [0.1, 0.15) is 5.52 Å². The quantitative estimate of drug-likeness (QED) is 0.761. The minimum absolute atomic E-state index is 0.800.